The maximum atomic E-state index is 10.7. The molecule has 0 unspecified atom stereocenters. The van der Waals surface area contributed by atoms with Gasteiger partial charge in [-0.05, 0) is 6.07 Å². The summed E-state index contributed by atoms with van der Waals surface area (Å²) in [4.78, 5) is 10.7. The lowest BCUT2D eigenvalue weighted by Crippen LogP contribution is -2.43. The van der Waals surface area contributed by atoms with Crippen LogP contribution >= 0.6 is 0 Å². The summed E-state index contributed by atoms with van der Waals surface area (Å²) in [5.74, 6) is -0.391. The number of carbonyl (C=O) groups is 1. The van der Waals surface area contributed by atoms with E-state index in [-0.39, 0.29) is 6.54 Å². The molecule has 1 aromatic heterocycles. The van der Waals surface area contributed by atoms with Crippen molar-refractivity contribution < 1.29 is 9.48 Å². The Morgan fingerprint density at radius 1 is 1.36 bits per heavy atom. The first kappa shape index (κ1) is 8.62. The summed E-state index contributed by atoms with van der Waals surface area (Å²) in [6, 6.07) is 9.63. The number of hydrogen-bond donors (Lipinski definition) is 1. The van der Waals surface area contributed by atoms with E-state index in [9.17, 15) is 4.79 Å². The van der Waals surface area contributed by atoms with E-state index >= 15 is 0 Å². The van der Waals surface area contributed by atoms with E-state index in [0.29, 0.717) is 0 Å². The average Bonchev–Trinajstić information content (AvgIpc) is 2.17. The quantitative estimate of drug-likeness (QED) is 0.675. The number of fused-ring (bicyclic) bond motifs is 1. The molecule has 0 saturated carbocycles. The van der Waals surface area contributed by atoms with Gasteiger partial charge < -0.3 is 5.73 Å². The number of aromatic nitrogens is 2. The van der Waals surface area contributed by atoms with Gasteiger partial charge in [0.1, 0.15) is 5.52 Å². The Balaban J connectivity index is 2.46. The Hall–Kier alpha value is -1.97. The second kappa shape index (κ2) is 3.41. The summed E-state index contributed by atoms with van der Waals surface area (Å²) in [7, 11) is 0. The lowest BCUT2D eigenvalue weighted by molar-refractivity contribution is -0.740. The number of nitrogens with two attached hydrogens (primary N) is 1. The van der Waals surface area contributed by atoms with Crippen LogP contribution in [0.5, 0.6) is 0 Å². The van der Waals surface area contributed by atoms with E-state index in [0.717, 1.165) is 10.9 Å². The molecule has 4 nitrogen and oxygen atoms in total. The smallest absolute Gasteiger partial charge is 0.285 e. The minimum atomic E-state index is -0.391. The van der Waals surface area contributed by atoms with Crippen molar-refractivity contribution in [2.24, 2.45) is 5.73 Å². The fourth-order valence-electron chi connectivity index (χ4n) is 1.31. The van der Waals surface area contributed by atoms with Crippen LogP contribution in [-0.4, -0.2) is 11.0 Å². The van der Waals surface area contributed by atoms with Crippen molar-refractivity contribution >= 4 is 16.8 Å². The monoisotopic (exact) mass is 188 g/mol. The van der Waals surface area contributed by atoms with Gasteiger partial charge in [0.25, 0.3) is 12.5 Å². The first-order valence-corrected chi connectivity index (χ1v) is 4.29. The summed E-state index contributed by atoms with van der Waals surface area (Å²) >= 11 is 0. The van der Waals surface area contributed by atoms with Crippen molar-refractivity contribution in [3.8, 4) is 0 Å². The second-order valence-electron chi connectivity index (χ2n) is 3.04. The summed E-state index contributed by atoms with van der Waals surface area (Å²) < 4.78 is 1.53. The van der Waals surface area contributed by atoms with Gasteiger partial charge in [0.05, 0.1) is 0 Å². The third kappa shape index (κ3) is 1.69. The molecule has 0 bridgehead atoms. The molecule has 0 aliphatic rings. The Kier molecular flexibility index (Phi) is 2.10. The van der Waals surface area contributed by atoms with E-state index in [1.165, 1.54) is 4.68 Å². The molecular weight excluding hydrogens is 178 g/mol. The number of rotatable bonds is 2. The first-order valence-electron chi connectivity index (χ1n) is 4.29. The van der Waals surface area contributed by atoms with E-state index in [1.807, 2.05) is 30.3 Å². The SMILES string of the molecule is NC(=O)C[n+]1ccc2ccccc2n1. The van der Waals surface area contributed by atoms with Crippen LogP contribution in [0.1, 0.15) is 0 Å². The Morgan fingerprint density at radius 3 is 2.93 bits per heavy atom. The maximum absolute atomic E-state index is 10.7. The van der Waals surface area contributed by atoms with Crippen molar-refractivity contribution in [2.45, 2.75) is 6.54 Å². The van der Waals surface area contributed by atoms with Crippen molar-refractivity contribution in [2.75, 3.05) is 0 Å². The van der Waals surface area contributed by atoms with E-state index in [1.54, 1.807) is 6.20 Å². The normalized spacial score (nSPS) is 10.3. The predicted molar refractivity (Wildman–Crippen MR) is 51.1 cm³/mol. The third-order valence-electron chi connectivity index (χ3n) is 1.92. The molecule has 0 atom stereocenters. The van der Waals surface area contributed by atoms with E-state index in [2.05, 4.69) is 5.10 Å². The third-order valence-corrected chi connectivity index (χ3v) is 1.92. The lowest BCUT2D eigenvalue weighted by Gasteiger charge is -1.93. The molecule has 0 aliphatic heterocycles. The largest absolute Gasteiger partial charge is 0.364 e. The van der Waals surface area contributed by atoms with Crippen LogP contribution in [0.25, 0.3) is 10.9 Å². The summed E-state index contributed by atoms with van der Waals surface area (Å²) in [5.41, 5.74) is 5.93. The fraction of sp³-hybridized carbons (Fsp3) is 0.100. The number of primary amides is 1. The predicted octanol–water partition coefficient (Wildman–Crippen LogP) is 0.00760. The van der Waals surface area contributed by atoms with Gasteiger partial charge in [-0.25, -0.2) is 0 Å². The maximum Gasteiger partial charge on any atom is 0.285 e. The minimum absolute atomic E-state index is 0.116. The lowest BCUT2D eigenvalue weighted by atomic mass is 10.2. The summed E-state index contributed by atoms with van der Waals surface area (Å²) in [6.45, 7) is 0.116. The first-order chi connectivity index (χ1) is 6.75. The standard InChI is InChI=1S/C10H9N3O/c11-10(14)7-13-6-5-8-3-1-2-4-9(8)12-13/h1-6H,7H2,(H-,11,14)/p+1. The van der Waals surface area contributed by atoms with Crippen molar-refractivity contribution in [1.29, 1.82) is 0 Å². The van der Waals surface area contributed by atoms with Gasteiger partial charge in [-0.1, -0.05) is 22.9 Å². The molecule has 0 spiro atoms. The molecule has 14 heavy (non-hydrogen) atoms. The number of carbonyl (C=O) groups excluding carboxylic acids is 1. The zero-order chi connectivity index (χ0) is 9.97. The van der Waals surface area contributed by atoms with Gasteiger partial charge in [0.2, 0.25) is 0 Å². The Morgan fingerprint density at radius 2 is 2.14 bits per heavy atom. The molecule has 2 N–H and O–H groups in total. The van der Waals surface area contributed by atoms with Crippen LogP contribution in [0.2, 0.25) is 0 Å². The number of benzene rings is 1. The summed E-state index contributed by atoms with van der Waals surface area (Å²) in [6.07, 6.45) is 1.74. The molecule has 2 aromatic rings. The topological polar surface area (TPSA) is 59.9 Å². The second-order valence-corrected chi connectivity index (χ2v) is 3.04. The highest BCUT2D eigenvalue weighted by Crippen LogP contribution is 2.06. The Labute approximate surface area is 81.0 Å². The average molecular weight is 188 g/mol. The van der Waals surface area contributed by atoms with E-state index < -0.39 is 5.91 Å². The van der Waals surface area contributed by atoms with E-state index in [4.69, 9.17) is 5.73 Å². The molecule has 4 heteroatoms. The molecular formula is C10H10N3O+. The van der Waals surface area contributed by atoms with Crippen LogP contribution in [-0.2, 0) is 11.3 Å². The van der Waals surface area contributed by atoms with Gasteiger partial charge in [-0.2, -0.15) is 0 Å². The van der Waals surface area contributed by atoms with Gasteiger partial charge in [0, 0.05) is 16.6 Å². The number of nitrogens with zero attached hydrogens (tertiary/aromatic N) is 2. The molecule has 1 heterocycles. The summed E-state index contributed by atoms with van der Waals surface area (Å²) in [5, 5.41) is 5.28. The molecule has 2 rings (SSSR count). The molecule has 0 aliphatic carbocycles. The van der Waals surface area contributed by atoms with Crippen LogP contribution in [0.3, 0.4) is 0 Å². The molecule has 1 amide bonds. The van der Waals surface area contributed by atoms with Crippen molar-refractivity contribution in [3.05, 3.63) is 36.5 Å². The van der Waals surface area contributed by atoms with Gasteiger partial charge in [-0.3, -0.25) is 4.79 Å². The molecule has 1 aromatic carbocycles. The number of amides is 1. The number of hydrogen-bond acceptors (Lipinski definition) is 2. The van der Waals surface area contributed by atoms with Gasteiger partial charge in [0.15, 0.2) is 6.20 Å². The zero-order valence-electron chi connectivity index (χ0n) is 7.55. The highest BCUT2D eigenvalue weighted by Gasteiger charge is 2.07. The van der Waals surface area contributed by atoms with Crippen LogP contribution in [0.15, 0.2) is 36.5 Å². The fourth-order valence-corrected chi connectivity index (χ4v) is 1.31. The van der Waals surface area contributed by atoms with Crippen LogP contribution < -0.4 is 10.4 Å². The van der Waals surface area contributed by atoms with Gasteiger partial charge in [-0.15, -0.1) is 0 Å². The highest BCUT2D eigenvalue weighted by atomic mass is 16.1. The van der Waals surface area contributed by atoms with Crippen LogP contribution in [0.4, 0.5) is 0 Å². The van der Waals surface area contributed by atoms with Crippen LogP contribution in [0, 0.1) is 0 Å². The minimum Gasteiger partial charge on any atom is -0.364 e. The van der Waals surface area contributed by atoms with Crippen molar-refractivity contribution in [3.63, 3.8) is 0 Å². The molecule has 0 fully saturated rings. The van der Waals surface area contributed by atoms with Crippen molar-refractivity contribution in [1.82, 2.24) is 5.10 Å². The highest BCUT2D eigenvalue weighted by molar-refractivity contribution is 5.77. The molecule has 0 radical (unpaired) electrons. The Bertz CT molecular complexity index is 482. The molecule has 0 saturated heterocycles. The van der Waals surface area contributed by atoms with Gasteiger partial charge >= 0.3 is 0 Å². The zero-order valence-corrected chi connectivity index (χ0v) is 7.55. The molecule has 70 valence electrons.